The first kappa shape index (κ1) is 15.8. The van der Waals surface area contributed by atoms with Crippen molar-refractivity contribution < 1.29 is 9.22 Å². The summed E-state index contributed by atoms with van der Waals surface area (Å²) in [5.74, 6) is 0. The van der Waals surface area contributed by atoms with Crippen LogP contribution in [0.4, 0.5) is 0 Å². The Balaban J connectivity index is 3.95. The van der Waals surface area contributed by atoms with Crippen LogP contribution in [0.3, 0.4) is 0 Å². The second-order valence-electron chi connectivity index (χ2n) is 6.02. The van der Waals surface area contributed by atoms with Gasteiger partial charge in [-0.2, -0.15) is 0 Å². The van der Waals surface area contributed by atoms with E-state index in [-0.39, 0.29) is 5.41 Å². The SMILES string of the molecule is CCCC[Si](C)(C)OCC(C)(C)CCC=O. The fourth-order valence-corrected chi connectivity index (χ4v) is 3.72. The average molecular weight is 244 g/mol. The molecule has 0 saturated carbocycles. The fourth-order valence-electron chi connectivity index (χ4n) is 1.59. The number of hydrogen-bond acceptors (Lipinski definition) is 2. The van der Waals surface area contributed by atoms with E-state index in [0.29, 0.717) is 6.42 Å². The summed E-state index contributed by atoms with van der Waals surface area (Å²) in [7, 11) is -1.46. The molecule has 0 fully saturated rings. The molecule has 0 aromatic heterocycles. The summed E-state index contributed by atoms with van der Waals surface area (Å²) in [5, 5.41) is 0. The molecule has 0 aromatic carbocycles. The Kier molecular flexibility index (Phi) is 7.16. The Morgan fingerprint density at radius 2 is 1.94 bits per heavy atom. The van der Waals surface area contributed by atoms with E-state index >= 15 is 0 Å². The topological polar surface area (TPSA) is 26.3 Å². The number of carbonyl (C=O) groups is 1. The molecule has 0 aromatic rings. The largest absolute Gasteiger partial charge is 0.417 e. The third-order valence-electron chi connectivity index (χ3n) is 2.93. The van der Waals surface area contributed by atoms with Gasteiger partial charge in [0.05, 0.1) is 0 Å². The van der Waals surface area contributed by atoms with Gasteiger partial charge in [-0.3, -0.25) is 0 Å². The van der Waals surface area contributed by atoms with Crippen molar-refractivity contribution in [3.63, 3.8) is 0 Å². The number of unbranched alkanes of at least 4 members (excludes halogenated alkanes) is 1. The van der Waals surface area contributed by atoms with Crippen LogP contribution in [0.2, 0.25) is 19.1 Å². The molecule has 0 heterocycles. The third-order valence-corrected chi connectivity index (χ3v) is 5.41. The molecule has 0 N–H and O–H groups in total. The minimum Gasteiger partial charge on any atom is -0.417 e. The second kappa shape index (κ2) is 7.23. The number of carbonyl (C=O) groups excluding carboxylic acids is 1. The number of rotatable bonds is 9. The lowest BCUT2D eigenvalue weighted by Gasteiger charge is -2.30. The van der Waals surface area contributed by atoms with Gasteiger partial charge < -0.3 is 9.22 Å². The zero-order valence-electron chi connectivity index (χ0n) is 11.6. The van der Waals surface area contributed by atoms with Crippen molar-refractivity contribution in [1.82, 2.24) is 0 Å². The molecule has 0 bridgehead atoms. The summed E-state index contributed by atoms with van der Waals surface area (Å²) in [5.41, 5.74) is 0.136. The van der Waals surface area contributed by atoms with Crippen LogP contribution in [-0.2, 0) is 9.22 Å². The Morgan fingerprint density at radius 3 is 2.44 bits per heavy atom. The Morgan fingerprint density at radius 1 is 1.31 bits per heavy atom. The normalized spacial score (nSPS) is 12.8. The van der Waals surface area contributed by atoms with Crippen LogP contribution in [-0.4, -0.2) is 21.2 Å². The van der Waals surface area contributed by atoms with Crippen molar-refractivity contribution in [2.45, 2.75) is 65.6 Å². The highest BCUT2D eigenvalue weighted by Gasteiger charge is 2.26. The Hall–Kier alpha value is -0.153. The molecule has 0 aliphatic heterocycles. The minimum absolute atomic E-state index is 0.136. The van der Waals surface area contributed by atoms with Crippen molar-refractivity contribution >= 4 is 14.6 Å². The van der Waals surface area contributed by atoms with Gasteiger partial charge in [-0.05, 0) is 31.0 Å². The first-order valence-corrected chi connectivity index (χ1v) is 9.52. The Bertz CT molecular complexity index is 200. The molecule has 0 aliphatic rings. The highest BCUT2D eigenvalue weighted by Crippen LogP contribution is 2.25. The molecule has 96 valence electrons. The van der Waals surface area contributed by atoms with Crippen molar-refractivity contribution in [3.05, 3.63) is 0 Å². The van der Waals surface area contributed by atoms with Gasteiger partial charge >= 0.3 is 0 Å². The summed E-state index contributed by atoms with van der Waals surface area (Å²) in [6.07, 6.45) is 5.09. The van der Waals surface area contributed by atoms with Crippen LogP contribution in [0.1, 0.15) is 46.5 Å². The second-order valence-corrected chi connectivity index (χ2v) is 10.3. The van der Waals surface area contributed by atoms with E-state index in [4.69, 9.17) is 4.43 Å². The molecular weight excluding hydrogens is 216 g/mol. The van der Waals surface area contributed by atoms with Crippen molar-refractivity contribution in [1.29, 1.82) is 0 Å². The van der Waals surface area contributed by atoms with Crippen LogP contribution in [0.5, 0.6) is 0 Å². The average Bonchev–Trinajstić information content (AvgIpc) is 2.22. The summed E-state index contributed by atoms with van der Waals surface area (Å²) < 4.78 is 6.12. The van der Waals surface area contributed by atoms with Gasteiger partial charge in [0.2, 0.25) is 0 Å². The van der Waals surface area contributed by atoms with Crippen molar-refractivity contribution in [2.75, 3.05) is 6.61 Å². The standard InChI is InChI=1S/C13H28O2Si/c1-6-7-11-16(4,5)15-12-13(2,3)9-8-10-14/h10H,6-9,11-12H2,1-5H3. The fraction of sp³-hybridized carbons (Fsp3) is 0.923. The highest BCUT2D eigenvalue weighted by molar-refractivity contribution is 6.71. The smallest absolute Gasteiger partial charge is 0.186 e. The number of hydrogen-bond donors (Lipinski definition) is 0. The molecule has 2 nitrogen and oxygen atoms in total. The van der Waals surface area contributed by atoms with E-state index in [0.717, 1.165) is 19.3 Å². The lowest BCUT2D eigenvalue weighted by Crippen LogP contribution is -2.34. The maximum absolute atomic E-state index is 10.4. The molecule has 16 heavy (non-hydrogen) atoms. The molecule has 0 saturated heterocycles. The van der Waals surface area contributed by atoms with Gasteiger partial charge in [-0.15, -0.1) is 0 Å². The summed E-state index contributed by atoms with van der Waals surface area (Å²) in [6, 6.07) is 1.24. The maximum Gasteiger partial charge on any atom is 0.186 e. The molecule has 3 heteroatoms. The minimum atomic E-state index is -1.46. The van der Waals surface area contributed by atoms with Gasteiger partial charge in [0.25, 0.3) is 0 Å². The van der Waals surface area contributed by atoms with E-state index in [9.17, 15) is 4.79 Å². The molecular formula is C13H28O2Si. The van der Waals surface area contributed by atoms with Crippen LogP contribution >= 0.6 is 0 Å². The number of aldehydes is 1. The zero-order valence-corrected chi connectivity index (χ0v) is 12.6. The van der Waals surface area contributed by atoms with Gasteiger partial charge in [0.15, 0.2) is 8.32 Å². The first-order valence-electron chi connectivity index (χ1n) is 6.40. The van der Waals surface area contributed by atoms with Gasteiger partial charge in [0, 0.05) is 13.0 Å². The summed E-state index contributed by atoms with van der Waals surface area (Å²) in [6.45, 7) is 12.0. The molecule has 0 spiro atoms. The molecule has 0 unspecified atom stereocenters. The molecule has 0 atom stereocenters. The van der Waals surface area contributed by atoms with Crippen LogP contribution in [0.25, 0.3) is 0 Å². The van der Waals surface area contributed by atoms with Crippen molar-refractivity contribution in [2.24, 2.45) is 5.41 Å². The van der Waals surface area contributed by atoms with Crippen LogP contribution < -0.4 is 0 Å². The third kappa shape index (κ3) is 8.05. The van der Waals surface area contributed by atoms with Gasteiger partial charge in [-0.25, -0.2) is 0 Å². The highest BCUT2D eigenvalue weighted by atomic mass is 28.4. The maximum atomic E-state index is 10.4. The monoisotopic (exact) mass is 244 g/mol. The van der Waals surface area contributed by atoms with E-state index in [1.165, 1.54) is 18.9 Å². The Labute approximate surface area is 102 Å². The lowest BCUT2D eigenvalue weighted by atomic mass is 9.89. The summed E-state index contributed by atoms with van der Waals surface area (Å²) in [4.78, 5) is 10.4. The summed E-state index contributed by atoms with van der Waals surface area (Å²) >= 11 is 0. The molecule has 0 amide bonds. The lowest BCUT2D eigenvalue weighted by molar-refractivity contribution is -0.108. The van der Waals surface area contributed by atoms with E-state index in [2.05, 4.69) is 33.9 Å². The molecule has 0 rings (SSSR count). The van der Waals surface area contributed by atoms with Gasteiger partial charge in [-0.1, -0.05) is 33.6 Å². The molecule has 0 radical (unpaired) electrons. The van der Waals surface area contributed by atoms with E-state index in [1.807, 2.05) is 0 Å². The predicted octanol–water partition coefficient (Wildman–Crippen LogP) is 4.01. The van der Waals surface area contributed by atoms with E-state index < -0.39 is 8.32 Å². The first-order chi connectivity index (χ1) is 7.33. The van der Waals surface area contributed by atoms with Gasteiger partial charge in [0.1, 0.15) is 6.29 Å². The van der Waals surface area contributed by atoms with Crippen LogP contribution in [0.15, 0.2) is 0 Å². The predicted molar refractivity (Wildman–Crippen MR) is 72.2 cm³/mol. The van der Waals surface area contributed by atoms with E-state index in [1.54, 1.807) is 0 Å². The quantitative estimate of drug-likeness (QED) is 0.452. The van der Waals surface area contributed by atoms with Crippen LogP contribution in [0, 0.1) is 5.41 Å². The van der Waals surface area contributed by atoms with Crippen molar-refractivity contribution in [3.8, 4) is 0 Å². The molecule has 0 aliphatic carbocycles. The zero-order chi connectivity index (χ0) is 12.7.